The van der Waals surface area contributed by atoms with Crippen molar-refractivity contribution in [3.05, 3.63) is 52.3 Å². The van der Waals surface area contributed by atoms with Gasteiger partial charge in [-0.05, 0) is 49.4 Å². The number of nitrogens with two attached hydrogens (primary N) is 1. The lowest BCUT2D eigenvalue weighted by Crippen LogP contribution is -2.20. The van der Waals surface area contributed by atoms with Crippen molar-refractivity contribution in [2.24, 2.45) is 18.7 Å². The van der Waals surface area contributed by atoms with Crippen molar-refractivity contribution < 1.29 is 0 Å². The average molecular weight is 292 g/mol. The minimum absolute atomic E-state index is 0.384. The molecule has 2 rings (SSSR count). The molecule has 0 aliphatic carbocycles. The van der Waals surface area contributed by atoms with Gasteiger partial charge in [-0.15, -0.1) is 0 Å². The van der Waals surface area contributed by atoms with Crippen molar-refractivity contribution in [2.75, 3.05) is 6.54 Å². The standard InChI is InChI=1S/C16H22ClN3/c1-3-14-10-15(20(2)19-14)9-12(11-18)8-13-6-4-5-7-16(13)17/h4-7,10,12H,3,8-9,11,18H2,1-2H3. The van der Waals surface area contributed by atoms with Gasteiger partial charge in [-0.3, -0.25) is 4.68 Å². The van der Waals surface area contributed by atoms with Crippen LogP contribution in [0.25, 0.3) is 0 Å². The Bertz CT molecular complexity index is 563. The van der Waals surface area contributed by atoms with E-state index in [1.165, 1.54) is 11.3 Å². The van der Waals surface area contributed by atoms with Gasteiger partial charge in [-0.25, -0.2) is 0 Å². The predicted molar refractivity (Wildman–Crippen MR) is 84.0 cm³/mol. The molecule has 0 bridgehead atoms. The first-order valence-corrected chi connectivity index (χ1v) is 7.47. The summed E-state index contributed by atoms with van der Waals surface area (Å²) in [4.78, 5) is 0. The molecule has 0 spiro atoms. The Morgan fingerprint density at radius 2 is 2.05 bits per heavy atom. The Labute approximate surface area is 125 Å². The molecule has 1 unspecified atom stereocenters. The molecule has 0 aliphatic rings. The molecule has 1 aromatic carbocycles. The van der Waals surface area contributed by atoms with E-state index in [2.05, 4.69) is 24.2 Å². The van der Waals surface area contributed by atoms with Crippen LogP contribution in [0.1, 0.15) is 23.9 Å². The van der Waals surface area contributed by atoms with E-state index in [-0.39, 0.29) is 0 Å². The summed E-state index contributed by atoms with van der Waals surface area (Å²) in [5.74, 6) is 0.384. The Balaban J connectivity index is 2.09. The summed E-state index contributed by atoms with van der Waals surface area (Å²) in [5.41, 5.74) is 9.48. The fraction of sp³-hybridized carbons (Fsp3) is 0.438. The minimum Gasteiger partial charge on any atom is -0.330 e. The van der Waals surface area contributed by atoms with Crippen LogP contribution < -0.4 is 5.73 Å². The van der Waals surface area contributed by atoms with E-state index in [0.29, 0.717) is 12.5 Å². The van der Waals surface area contributed by atoms with Crippen LogP contribution in [-0.2, 0) is 26.3 Å². The molecule has 108 valence electrons. The van der Waals surface area contributed by atoms with Crippen LogP contribution in [0.4, 0.5) is 0 Å². The van der Waals surface area contributed by atoms with Gasteiger partial charge in [-0.1, -0.05) is 36.7 Å². The molecule has 20 heavy (non-hydrogen) atoms. The van der Waals surface area contributed by atoms with E-state index in [1.807, 2.05) is 29.9 Å². The van der Waals surface area contributed by atoms with Gasteiger partial charge < -0.3 is 5.73 Å². The third kappa shape index (κ3) is 3.62. The van der Waals surface area contributed by atoms with Gasteiger partial charge in [0, 0.05) is 17.8 Å². The number of halogens is 1. The maximum Gasteiger partial charge on any atom is 0.0624 e. The molecule has 0 aliphatic heterocycles. The highest BCUT2D eigenvalue weighted by atomic mass is 35.5. The normalized spacial score (nSPS) is 12.6. The molecule has 0 fully saturated rings. The van der Waals surface area contributed by atoms with Gasteiger partial charge in [0.15, 0.2) is 0 Å². The third-order valence-electron chi connectivity index (χ3n) is 3.69. The second-order valence-electron chi connectivity index (χ2n) is 5.21. The molecule has 2 N–H and O–H groups in total. The molecule has 0 saturated carbocycles. The first-order chi connectivity index (χ1) is 9.63. The smallest absolute Gasteiger partial charge is 0.0624 e. The zero-order valence-electron chi connectivity index (χ0n) is 12.1. The highest BCUT2D eigenvalue weighted by Gasteiger charge is 2.14. The summed E-state index contributed by atoms with van der Waals surface area (Å²) < 4.78 is 1.97. The summed E-state index contributed by atoms with van der Waals surface area (Å²) in [6, 6.07) is 10.2. The van der Waals surface area contributed by atoms with Crippen molar-refractivity contribution in [1.82, 2.24) is 9.78 Å². The summed E-state index contributed by atoms with van der Waals surface area (Å²) in [6.45, 7) is 2.77. The van der Waals surface area contributed by atoms with Crippen molar-refractivity contribution in [3.8, 4) is 0 Å². The molecule has 2 aromatic rings. The van der Waals surface area contributed by atoms with Crippen molar-refractivity contribution in [1.29, 1.82) is 0 Å². The maximum absolute atomic E-state index is 6.23. The van der Waals surface area contributed by atoms with Crippen LogP contribution in [0.3, 0.4) is 0 Å². The lowest BCUT2D eigenvalue weighted by atomic mass is 9.94. The van der Waals surface area contributed by atoms with Crippen LogP contribution in [0.5, 0.6) is 0 Å². The summed E-state index contributed by atoms with van der Waals surface area (Å²) in [7, 11) is 2.00. The Morgan fingerprint density at radius 1 is 1.30 bits per heavy atom. The summed E-state index contributed by atoms with van der Waals surface area (Å²) in [5, 5.41) is 5.32. The largest absolute Gasteiger partial charge is 0.330 e. The van der Waals surface area contributed by atoms with Gasteiger partial charge >= 0.3 is 0 Å². The second-order valence-corrected chi connectivity index (χ2v) is 5.61. The molecular weight excluding hydrogens is 270 g/mol. The molecule has 0 amide bonds. The fourth-order valence-electron chi connectivity index (χ4n) is 2.44. The van der Waals surface area contributed by atoms with Gasteiger partial charge in [0.05, 0.1) is 5.69 Å². The molecule has 1 heterocycles. The zero-order chi connectivity index (χ0) is 14.5. The summed E-state index contributed by atoms with van der Waals surface area (Å²) in [6.07, 6.45) is 2.81. The van der Waals surface area contributed by atoms with Crippen molar-refractivity contribution >= 4 is 11.6 Å². The van der Waals surface area contributed by atoms with Crippen LogP contribution in [0.15, 0.2) is 30.3 Å². The Hall–Kier alpha value is -1.32. The highest BCUT2D eigenvalue weighted by molar-refractivity contribution is 6.31. The molecule has 3 nitrogen and oxygen atoms in total. The monoisotopic (exact) mass is 291 g/mol. The van der Waals surface area contributed by atoms with Gasteiger partial charge in [0.1, 0.15) is 0 Å². The van der Waals surface area contributed by atoms with Crippen molar-refractivity contribution in [3.63, 3.8) is 0 Å². The van der Waals surface area contributed by atoms with E-state index < -0.39 is 0 Å². The first kappa shape index (κ1) is 15.1. The van der Waals surface area contributed by atoms with E-state index >= 15 is 0 Å². The van der Waals surface area contributed by atoms with Crippen LogP contribution in [0.2, 0.25) is 5.02 Å². The highest BCUT2D eigenvalue weighted by Crippen LogP contribution is 2.21. The zero-order valence-corrected chi connectivity index (χ0v) is 12.9. The maximum atomic E-state index is 6.23. The van der Waals surface area contributed by atoms with E-state index in [1.54, 1.807) is 0 Å². The number of aromatic nitrogens is 2. The number of hydrogen-bond acceptors (Lipinski definition) is 2. The summed E-state index contributed by atoms with van der Waals surface area (Å²) >= 11 is 6.23. The quantitative estimate of drug-likeness (QED) is 0.889. The molecule has 4 heteroatoms. The topological polar surface area (TPSA) is 43.8 Å². The third-order valence-corrected chi connectivity index (χ3v) is 4.06. The minimum atomic E-state index is 0.384. The SMILES string of the molecule is CCc1cc(CC(CN)Cc2ccccc2Cl)n(C)n1. The second kappa shape index (κ2) is 6.91. The predicted octanol–water partition coefficient (Wildman–Crippen LogP) is 3.00. The number of rotatable bonds is 6. The van der Waals surface area contributed by atoms with Crippen LogP contribution in [0, 0.1) is 5.92 Å². The van der Waals surface area contributed by atoms with E-state index in [0.717, 1.165) is 30.0 Å². The Kier molecular flexibility index (Phi) is 5.21. The van der Waals surface area contributed by atoms with Gasteiger partial charge in [0.25, 0.3) is 0 Å². The average Bonchev–Trinajstić information content (AvgIpc) is 2.81. The molecule has 0 radical (unpaired) electrons. The fourth-order valence-corrected chi connectivity index (χ4v) is 2.66. The number of aryl methyl sites for hydroxylation is 2. The van der Waals surface area contributed by atoms with E-state index in [9.17, 15) is 0 Å². The molecule has 1 aromatic heterocycles. The number of hydrogen-bond donors (Lipinski definition) is 1. The van der Waals surface area contributed by atoms with Crippen LogP contribution in [-0.4, -0.2) is 16.3 Å². The van der Waals surface area contributed by atoms with E-state index in [4.69, 9.17) is 17.3 Å². The van der Waals surface area contributed by atoms with Crippen LogP contribution >= 0.6 is 11.6 Å². The van der Waals surface area contributed by atoms with Gasteiger partial charge in [-0.2, -0.15) is 5.10 Å². The van der Waals surface area contributed by atoms with Gasteiger partial charge in [0.2, 0.25) is 0 Å². The number of nitrogens with zero attached hydrogens (tertiary/aromatic N) is 2. The number of benzene rings is 1. The molecular formula is C16H22ClN3. The lowest BCUT2D eigenvalue weighted by molar-refractivity contribution is 0.511. The first-order valence-electron chi connectivity index (χ1n) is 7.09. The lowest BCUT2D eigenvalue weighted by Gasteiger charge is -2.15. The van der Waals surface area contributed by atoms with Crippen molar-refractivity contribution in [2.45, 2.75) is 26.2 Å². The molecule has 0 saturated heterocycles. The molecule has 1 atom stereocenters. The Morgan fingerprint density at radius 3 is 2.65 bits per heavy atom.